The predicted molar refractivity (Wildman–Crippen MR) is 111 cm³/mol. The number of amides is 3. The molecule has 2 saturated heterocycles. The van der Waals surface area contributed by atoms with Crippen molar-refractivity contribution in [1.29, 1.82) is 0 Å². The minimum absolute atomic E-state index is 0.0360. The Morgan fingerprint density at radius 3 is 2.27 bits per heavy atom. The van der Waals surface area contributed by atoms with Crippen molar-refractivity contribution < 1.29 is 14.4 Å². The topological polar surface area (TPSA) is 73.8 Å². The second-order valence-electron chi connectivity index (χ2n) is 7.72. The van der Waals surface area contributed by atoms with E-state index in [0.29, 0.717) is 44.7 Å². The van der Waals surface area contributed by atoms with Crippen molar-refractivity contribution in [2.24, 2.45) is 0 Å². The Hall–Kier alpha value is -3.22. The molecule has 7 nitrogen and oxygen atoms in total. The van der Waals surface area contributed by atoms with Crippen molar-refractivity contribution in [2.75, 3.05) is 32.7 Å². The molecule has 2 aliphatic heterocycles. The highest BCUT2D eigenvalue weighted by Crippen LogP contribution is 2.28. The van der Waals surface area contributed by atoms with Gasteiger partial charge < -0.3 is 14.7 Å². The van der Waals surface area contributed by atoms with Gasteiger partial charge in [0.2, 0.25) is 11.8 Å². The first-order valence-corrected chi connectivity index (χ1v) is 10.5. The molecule has 4 rings (SSSR count). The third-order valence-electron chi connectivity index (χ3n) is 5.81. The van der Waals surface area contributed by atoms with Crippen molar-refractivity contribution in [2.45, 2.75) is 25.3 Å². The number of nitrogens with zero attached hydrogens (tertiary/aromatic N) is 4. The van der Waals surface area contributed by atoms with Gasteiger partial charge in [-0.1, -0.05) is 30.3 Å². The molecule has 0 aliphatic carbocycles. The van der Waals surface area contributed by atoms with E-state index in [9.17, 15) is 14.4 Å². The van der Waals surface area contributed by atoms with Crippen molar-refractivity contribution in [3.05, 3.63) is 66.0 Å². The molecule has 0 spiro atoms. The predicted octanol–water partition coefficient (Wildman–Crippen LogP) is 2.12. The summed E-state index contributed by atoms with van der Waals surface area (Å²) < 4.78 is 0. The molecule has 0 saturated carbocycles. The number of piperidine rings is 1. The second-order valence-corrected chi connectivity index (χ2v) is 7.72. The molecule has 3 amide bonds. The number of carbonyl (C=O) groups is 3. The van der Waals surface area contributed by atoms with E-state index in [2.05, 4.69) is 4.98 Å². The fourth-order valence-corrected chi connectivity index (χ4v) is 4.17. The smallest absolute Gasteiger partial charge is 0.255 e. The van der Waals surface area contributed by atoms with Crippen molar-refractivity contribution in [3.8, 4) is 0 Å². The minimum Gasteiger partial charge on any atom is -0.337 e. The van der Waals surface area contributed by atoms with Crippen LogP contribution in [0.4, 0.5) is 0 Å². The van der Waals surface area contributed by atoms with Gasteiger partial charge >= 0.3 is 0 Å². The van der Waals surface area contributed by atoms with Crippen LogP contribution < -0.4 is 0 Å². The third kappa shape index (κ3) is 4.20. The summed E-state index contributed by atoms with van der Waals surface area (Å²) in [6.45, 7) is 2.44. The Morgan fingerprint density at radius 1 is 0.867 bits per heavy atom. The zero-order valence-electron chi connectivity index (χ0n) is 16.9. The minimum atomic E-state index is -0.598. The van der Waals surface area contributed by atoms with Crippen LogP contribution >= 0.6 is 0 Å². The number of likely N-dealkylation sites (tertiary alicyclic amines) is 1. The lowest BCUT2D eigenvalue weighted by molar-refractivity contribution is -0.148. The zero-order chi connectivity index (χ0) is 20.9. The van der Waals surface area contributed by atoms with Gasteiger partial charge in [-0.15, -0.1) is 0 Å². The van der Waals surface area contributed by atoms with Crippen LogP contribution in [0.15, 0.2) is 54.9 Å². The molecule has 2 aromatic rings. The summed E-state index contributed by atoms with van der Waals surface area (Å²) in [6.07, 6.45) is 5.48. The maximum absolute atomic E-state index is 13.5. The maximum Gasteiger partial charge on any atom is 0.255 e. The van der Waals surface area contributed by atoms with Crippen molar-refractivity contribution >= 4 is 17.7 Å². The summed E-state index contributed by atoms with van der Waals surface area (Å²) in [4.78, 5) is 48.0. The number of rotatable bonds is 4. The molecule has 1 aromatic heterocycles. The fraction of sp³-hybridized carbons (Fsp3) is 0.391. The van der Waals surface area contributed by atoms with Crippen molar-refractivity contribution in [3.63, 3.8) is 0 Å². The Bertz CT molecular complexity index is 895. The van der Waals surface area contributed by atoms with Gasteiger partial charge in [-0.2, -0.15) is 0 Å². The molecule has 1 aromatic carbocycles. The average Bonchev–Trinajstić information content (AvgIpc) is 2.81. The Balaban J connectivity index is 1.48. The van der Waals surface area contributed by atoms with Gasteiger partial charge in [0.15, 0.2) is 0 Å². The number of hydrogen-bond donors (Lipinski definition) is 0. The van der Waals surface area contributed by atoms with E-state index < -0.39 is 6.04 Å². The van der Waals surface area contributed by atoms with Crippen LogP contribution in [0.1, 0.15) is 41.2 Å². The summed E-state index contributed by atoms with van der Waals surface area (Å²) >= 11 is 0. The fourth-order valence-electron chi connectivity index (χ4n) is 4.17. The van der Waals surface area contributed by atoms with Gasteiger partial charge in [0.25, 0.3) is 5.91 Å². The zero-order valence-corrected chi connectivity index (χ0v) is 16.9. The average molecular weight is 406 g/mol. The molecule has 7 heteroatoms. The number of aromatic nitrogens is 1. The molecular formula is C23H26N4O3. The molecule has 1 unspecified atom stereocenters. The van der Waals surface area contributed by atoms with E-state index in [0.717, 1.165) is 18.4 Å². The van der Waals surface area contributed by atoms with Crippen LogP contribution in [0.25, 0.3) is 0 Å². The highest BCUT2D eigenvalue weighted by atomic mass is 16.2. The summed E-state index contributed by atoms with van der Waals surface area (Å²) in [5.74, 6) is -0.0974. The number of hydrogen-bond acceptors (Lipinski definition) is 4. The van der Waals surface area contributed by atoms with E-state index in [4.69, 9.17) is 0 Å². The monoisotopic (exact) mass is 406 g/mol. The molecule has 30 heavy (non-hydrogen) atoms. The van der Waals surface area contributed by atoms with E-state index in [1.54, 1.807) is 39.2 Å². The molecule has 1 atom stereocenters. The van der Waals surface area contributed by atoms with Gasteiger partial charge in [-0.3, -0.25) is 19.4 Å². The lowest BCUT2D eigenvalue weighted by Gasteiger charge is -2.40. The highest BCUT2D eigenvalue weighted by Gasteiger charge is 2.36. The van der Waals surface area contributed by atoms with E-state index in [-0.39, 0.29) is 17.7 Å². The largest absolute Gasteiger partial charge is 0.337 e. The number of benzene rings is 1. The molecule has 2 aliphatic rings. The summed E-state index contributed by atoms with van der Waals surface area (Å²) in [7, 11) is 0. The maximum atomic E-state index is 13.5. The number of carbonyl (C=O) groups excluding carboxylic acids is 3. The van der Waals surface area contributed by atoms with Gasteiger partial charge in [-0.05, 0) is 30.5 Å². The molecule has 156 valence electrons. The SMILES string of the molecule is O=C(c1cccnc1)N1CCN(C(=O)C(c2ccccc2)N2CCCCC2=O)CC1. The summed E-state index contributed by atoms with van der Waals surface area (Å²) in [6, 6.07) is 12.4. The van der Waals surface area contributed by atoms with Gasteiger partial charge in [-0.25, -0.2) is 0 Å². The van der Waals surface area contributed by atoms with E-state index >= 15 is 0 Å². The van der Waals surface area contributed by atoms with Gasteiger partial charge in [0.1, 0.15) is 6.04 Å². The van der Waals surface area contributed by atoms with Crippen LogP contribution in [0.3, 0.4) is 0 Å². The lowest BCUT2D eigenvalue weighted by atomic mass is 9.99. The first-order chi connectivity index (χ1) is 14.6. The quantitative estimate of drug-likeness (QED) is 0.780. The van der Waals surface area contributed by atoms with Gasteiger partial charge in [0, 0.05) is 51.5 Å². The third-order valence-corrected chi connectivity index (χ3v) is 5.81. The standard InChI is InChI=1S/C23H26N4O3/c28-20-10-4-5-12-27(20)21(18-7-2-1-3-8-18)23(30)26-15-13-25(14-16-26)22(29)19-9-6-11-24-17-19/h1-3,6-9,11,17,21H,4-5,10,12-16H2. The molecule has 3 heterocycles. The molecular weight excluding hydrogens is 380 g/mol. The van der Waals surface area contributed by atoms with Crippen LogP contribution in [0, 0.1) is 0 Å². The first-order valence-electron chi connectivity index (χ1n) is 10.5. The van der Waals surface area contributed by atoms with Crippen LogP contribution in [-0.2, 0) is 9.59 Å². The first kappa shape index (κ1) is 20.1. The highest BCUT2D eigenvalue weighted by molar-refractivity contribution is 5.94. The van der Waals surface area contributed by atoms with Crippen LogP contribution in [0.5, 0.6) is 0 Å². The molecule has 0 N–H and O–H groups in total. The number of piperazine rings is 1. The van der Waals surface area contributed by atoms with Crippen molar-refractivity contribution in [1.82, 2.24) is 19.7 Å². The number of pyridine rings is 1. The second kappa shape index (κ2) is 9.07. The Labute approximate surface area is 176 Å². The van der Waals surface area contributed by atoms with Gasteiger partial charge in [0.05, 0.1) is 5.56 Å². The van der Waals surface area contributed by atoms with E-state index in [1.165, 1.54) is 0 Å². The lowest BCUT2D eigenvalue weighted by Crippen LogP contribution is -2.54. The molecule has 0 radical (unpaired) electrons. The van der Waals surface area contributed by atoms with E-state index in [1.807, 2.05) is 30.3 Å². The normalized spacial score (nSPS) is 18.3. The Kier molecular flexibility index (Phi) is 6.07. The van der Waals surface area contributed by atoms with Crippen LogP contribution in [0.2, 0.25) is 0 Å². The molecule has 0 bridgehead atoms. The summed E-state index contributed by atoms with van der Waals surface area (Å²) in [5, 5.41) is 0. The summed E-state index contributed by atoms with van der Waals surface area (Å²) in [5.41, 5.74) is 1.39. The Morgan fingerprint density at radius 2 is 1.60 bits per heavy atom. The van der Waals surface area contributed by atoms with Crippen LogP contribution in [-0.4, -0.2) is 70.1 Å². The molecule has 2 fully saturated rings.